The molecule has 2 amide bonds. The molecule has 0 bridgehead atoms. The number of hydrogen-bond donors (Lipinski definition) is 0. The van der Waals surface area contributed by atoms with E-state index >= 15 is 0 Å². The van der Waals surface area contributed by atoms with E-state index in [9.17, 15) is 9.59 Å². The van der Waals surface area contributed by atoms with Gasteiger partial charge in [-0.2, -0.15) is 0 Å². The Labute approximate surface area is 118 Å². The molecule has 1 heterocycles. The van der Waals surface area contributed by atoms with E-state index in [2.05, 4.69) is 0 Å². The maximum absolute atomic E-state index is 12.1. The highest BCUT2D eigenvalue weighted by atomic mass is 16.2. The van der Waals surface area contributed by atoms with Gasteiger partial charge in [0.25, 0.3) is 0 Å². The number of likely N-dealkylation sites (tertiary alicyclic amines) is 1. The number of amides is 2. The third-order valence-electron chi connectivity index (χ3n) is 3.51. The molecule has 1 aliphatic carbocycles. The summed E-state index contributed by atoms with van der Waals surface area (Å²) in [5, 5.41) is 0. The summed E-state index contributed by atoms with van der Waals surface area (Å²) in [7, 11) is 0. The lowest BCUT2D eigenvalue weighted by Crippen LogP contribution is -2.45. The van der Waals surface area contributed by atoms with Crippen molar-refractivity contribution in [1.29, 1.82) is 0 Å². The number of hydrogen-bond acceptors (Lipinski definition) is 2. The minimum atomic E-state index is -0.356. The molecule has 2 rings (SSSR count). The molecule has 112 valence electrons. The van der Waals surface area contributed by atoms with Crippen molar-refractivity contribution in [3.63, 3.8) is 0 Å². The van der Waals surface area contributed by atoms with Gasteiger partial charge >= 0.3 is 0 Å². The lowest BCUT2D eigenvalue weighted by atomic mass is 9.81. The summed E-state index contributed by atoms with van der Waals surface area (Å²) in [6.45, 7) is 13.8. The molecule has 1 saturated heterocycles. The summed E-state index contributed by atoms with van der Waals surface area (Å²) in [5.74, 6) is 0.116. The Bertz CT molecular complexity index is 280. The molecule has 0 aromatic heterocycles. The molecule has 0 radical (unpaired) electrons. The normalized spacial score (nSPS) is 25.9. The van der Waals surface area contributed by atoms with Gasteiger partial charge in [0.1, 0.15) is 0 Å². The minimum absolute atomic E-state index is 0.00882. The maximum Gasteiger partial charge on any atom is 0.233 e. The predicted molar refractivity (Wildman–Crippen MR) is 79.8 cm³/mol. The van der Waals surface area contributed by atoms with Crippen molar-refractivity contribution in [2.24, 2.45) is 11.8 Å². The van der Waals surface area contributed by atoms with Crippen LogP contribution in [0.4, 0.5) is 0 Å². The highest BCUT2D eigenvalue weighted by Gasteiger charge is 2.51. The predicted octanol–water partition coefficient (Wildman–Crippen LogP) is 4.01. The topological polar surface area (TPSA) is 37.4 Å². The molecule has 1 saturated carbocycles. The van der Waals surface area contributed by atoms with Crippen LogP contribution in [0, 0.1) is 11.8 Å². The molecule has 2 atom stereocenters. The maximum atomic E-state index is 12.1. The smallest absolute Gasteiger partial charge is 0.233 e. The first-order valence-electron chi connectivity index (χ1n) is 7.81. The van der Waals surface area contributed by atoms with Crippen molar-refractivity contribution in [1.82, 2.24) is 4.90 Å². The Hall–Kier alpha value is -0.860. The van der Waals surface area contributed by atoms with Crippen LogP contribution in [0.1, 0.15) is 74.1 Å². The molecule has 19 heavy (non-hydrogen) atoms. The lowest BCUT2D eigenvalue weighted by Gasteiger charge is -2.30. The first-order valence-corrected chi connectivity index (χ1v) is 7.81. The minimum Gasteiger partial charge on any atom is -0.277 e. The van der Waals surface area contributed by atoms with Gasteiger partial charge in [0, 0.05) is 5.54 Å². The van der Waals surface area contributed by atoms with E-state index in [0.717, 1.165) is 25.7 Å². The summed E-state index contributed by atoms with van der Waals surface area (Å²) in [5.41, 5.74) is -0.356. The van der Waals surface area contributed by atoms with Crippen molar-refractivity contribution in [3.05, 3.63) is 0 Å². The fraction of sp³-hybridized carbons (Fsp3) is 0.875. The van der Waals surface area contributed by atoms with Crippen LogP contribution in [0.2, 0.25) is 0 Å². The molecule has 0 aromatic rings. The van der Waals surface area contributed by atoms with E-state index in [1.807, 2.05) is 48.5 Å². The van der Waals surface area contributed by atoms with E-state index in [1.54, 1.807) is 0 Å². The summed E-state index contributed by atoms with van der Waals surface area (Å²) in [6, 6.07) is 0. The van der Waals surface area contributed by atoms with Crippen LogP contribution in [0.3, 0.4) is 0 Å². The van der Waals surface area contributed by atoms with E-state index in [1.165, 1.54) is 4.90 Å². The third kappa shape index (κ3) is 3.80. The molecule has 2 aliphatic rings. The van der Waals surface area contributed by atoms with E-state index < -0.39 is 0 Å². The quantitative estimate of drug-likeness (QED) is 0.623. The molecule has 0 spiro atoms. The largest absolute Gasteiger partial charge is 0.277 e. The van der Waals surface area contributed by atoms with Gasteiger partial charge in [0.05, 0.1) is 11.8 Å². The fourth-order valence-corrected chi connectivity index (χ4v) is 2.82. The van der Waals surface area contributed by atoms with Gasteiger partial charge in [-0.25, -0.2) is 0 Å². The molecular weight excluding hydrogens is 238 g/mol. The molecule has 3 heteroatoms. The van der Waals surface area contributed by atoms with Crippen molar-refractivity contribution in [2.45, 2.75) is 79.7 Å². The van der Waals surface area contributed by atoms with Crippen molar-refractivity contribution < 1.29 is 9.59 Å². The van der Waals surface area contributed by atoms with Gasteiger partial charge in [0.2, 0.25) is 11.8 Å². The van der Waals surface area contributed by atoms with Crippen LogP contribution < -0.4 is 0 Å². The standard InChI is InChI=1S/C12H19NO2.2C2H6/c1-12(2,3)13-10(14)8-6-4-5-7-9(8)11(13)15;2*1-2/h8-9H,4-7H2,1-3H3;2*1-2H3. The zero-order chi connectivity index (χ0) is 15.2. The number of rotatable bonds is 0. The Morgan fingerprint density at radius 1 is 0.842 bits per heavy atom. The zero-order valence-electron chi connectivity index (χ0n) is 13.7. The molecule has 2 unspecified atom stereocenters. The first kappa shape index (κ1) is 18.1. The molecule has 1 aliphatic heterocycles. The third-order valence-corrected chi connectivity index (χ3v) is 3.51. The van der Waals surface area contributed by atoms with Crippen LogP contribution >= 0.6 is 0 Å². The van der Waals surface area contributed by atoms with Crippen molar-refractivity contribution in [2.75, 3.05) is 0 Å². The number of imide groups is 1. The SMILES string of the molecule is CC.CC.CC(C)(C)N1C(=O)C2CCCCC2C1=O. The number of carbonyl (C=O) groups excluding carboxylic acids is 2. The Morgan fingerprint density at radius 2 is 1.16 bits per heavy atom. The van der Waals surface area contributed by atoms with Crippen LogP contribution in [0.15, 0.2) is 0 Å². The summed E-state index contributed by atoms with van der Waals surface area (Å²) >= 11 is 0. The van der Waals surface area contributed by atoms with Gasteiger partial charge in [-0.15, -0.1) is 0 Å². The Balaban J connectivity index is 0.000000741. The highest BCUT2D eigenvalue weighted by molar-refractivity contribution is 6.05. The Morgan fingerprint density at radius 3 is 1.42 bits per heavy atom. The summed E-state index contributed by atoms with van der Waals surface area (Å²) in [4.78, 5) is 25.7. The molecule has 0 N–H and O–H groups in total. The Kier molecular flexibility index (Phi) is 7.32. The molecule has 0 aromatic carbocycles. The zero-order valence-corrected chi connectivity index (χ0v) is 13.7. The second kappa shape index (κ2) is 7.66. The van der Waals surface area contributed by atoms with Gasteiger partial charge in [-0.3, -0.25) is 14.5 Å². The van der Waals surface area contributed by atoms with Gasteiger partial charge in [-0.05, 0) is 33.6 Å². The van der Waals surface area contributed by atoms with E-state index in [0.29, 0.717) is 0 Å². The number of nitrogens with zero attached hydrogens (tertiary/aromatic N) is 1. The van der Waals surface area contributed by atoms with Gasteiger partial charge in [-0.1, -0.05) is 40.5 Å². The van der Waals surface area contributed by atoms with Crippen LogP contribution in [0.25, 0.3) is 0 Å². The molecule has 3 nitrogen and oxygen atoms in total. The van der Waals surface area contributed by atoms with E-state index in [-0.39, 0.29) is 29.2 Å². The van der Waals surface area contributed by atoms with Crippen molar-refractivity contribution in [3.8, 4) is 0 Å². The lowest BCUT2D eigenvalue weighted by molar-refractivity contribution is -0.145. The second-order valence-corrected chi connectivity index (χ2v) is 5.68. The number of carbonyl (C=O) groups is 2. The summed E-state index contributed by atoms with van der Waals surface area (Å²) < 4.78 is 0. The van der Waals surface area contributed by atoms with Crippen LogP contribution in [-0.2, 0) is 9.59 Å². The van der Waals surface area contributed by atoms with Crippen LogP contribution in [-0.4, -0.2) is 22.3 Å². The first-order chi connectivity index (χ1) is 8.93. The van der Waals surface area contributed by atoms with Gasteiger partial charge < -0.3 is 0 Å². The van der Waals surface area contributed by atoms with E-state index in [4.69, 9.17) is 0 Å². The van der Waals surface area contributed by atoms with Gasteiger partial charge in [0.15, 0.2) is 0 Å². The highest BCUT2D eigenvalue weighted by Crippen LogP contribution is 2.40. The summed E-state index contributed by atoms with van der Waals surface area (Å²) in [6.07, 6.45) is 4.00. The molecule has 2 fully saturated rings. The monoisotopic (exact) mass is 269 g/mol. The van der Waals surface area contributed by atoms with Crippen LogP contribution in [0.5, 0.6) is 0 Å². The second-order valence-electron chi connectivity index (χ2n) is 5.68. The average Bonchev–Trinajstić information content (AvgIpc) is 2.67. The molecular formula is C16H31NO2. The average molecular weight is 269 g/mol. The fourth-order valence-electron chi connectivity index (χ4n) is 2.82. The number of fused-ring (bicyclic) bond motifs is 1. The van der Waals surface area contributed by atoms with Crippen molar-refractivity contribution >= 4 is 11.8 Å².